The monoisotopic (exact) mass is 1040 g/mol. The predicted molar refractivity (Wildman–Crippen MR) is 275 cm³/mol. The number of pyridine rings is 2. The average Bonchev–Trinajstić information content (AvgIpc) is 4.30. The number of hydrogen-bond donors (Lipinski definition) is 2. The molecule has 76 heavy (non-hydrogen) atoms. The molecule has 2 aliphatic rings. The van der Waals surface area contributed by atoms with E-state index < -0.39 is 0 Å². The molecule has 2 saturated heterocycles. The van der Waals surface area contributed by atoms with Crippen LogP contribution in [0, 0.1) is 6.92 Å². The summed E-state index contributed by atoms with van der Waals surface area (Å²) < 4.78 is 11.8. The summed E-state index contributed by atoms with van der Waals surface area (Å²) in [7, 11) is 1.73. The number of hydrogen-bond acceptors (Lipinski definition) is 19. The average molecular weight is 1040 g/mol. The van der Waals surface area contributed by atoms with Crippen LogP contribution in [0.15, 0.2) is 106 Å². The first-order valence-corrected chi connectivity index (χ1v) is 25.3. The Bertz CT molecular complexity index is 3540. The zero-order chi connectivity index (χ0) is 52.5. The molecule has 0 saturated carbocycles. The highest BCUT2D eigenvalue weighted by Gasteiger charge is 2.34. The van der Waals surface area contributed by atoms with Crippen LogP contribution in [0.25, 0.3) is 33.3 Å². The minimum atomic E-state index is -0.333. The van der Waals surface area contributed by atoms with E-state index in [1.54, 1.807) is 71.3 Å². The second-order valence-corrected chi connectivity index (χ2v) is 19.4. The van der Waals surface area contributed by atoms with Gasteiger partial charge in [-0.3, -0.25) is 38.9 Å². The molecule has 11 rings (SSSR count). The van der Waals surface area contributed by atoms with Gasteiger partial charge in [-0.15, -0.1) is 20.4 Å². The molecule has 2 unspecified atom stereocenters. The Balaban J connectivity index is 0.735. The summed E-state index contributed by atoms with van der Waals surface area (Å²) >= 11 is 1.28. The number of tetrazole rings is 2. The Morgan fingerprint density at radius 1 is 0.645 bits per heavy atom. The van der Waals surface area contributed by atoms with Crippen molar-refractivity contribution in [2.45, 2.75) is 39.4 Å². The van der Waals surface area contributed by atoms with Crippen LogP contribution in [-0.2, 0) is 23.2 Å². The molecule has 2 aromatic carbocycles. The molecule has 386 valence electrons. The molecule has 9 aromatic rings. The number of rotatable bonds is 14. The maximum atomic E-state index is 13.9. The van der Waals surface area contributed by atoms with Gasteiger partial charge in [0.15, 0.2) is 17.5 Å². The number of aryl methyl sites for hydroxylation is 2. The van der Waals surface area contributed by atoms with E-state index in [9.17, 15) is 19.2 Å². The maximum absolute atomic E-state index is 13.9. The SMILES string of the molecule is CC(=O)Nc1cc2nc(-c3ccnc(C(=O)N4CCN(C(c5ccc(Cn6nnc(C(c7ccccc7)N7CCN(C(=O)c8cc(-c9nc(NC(C)=O)c(C)o9)ccn8)CC7)n6)cc5)c5nnn(C)n5)CC4)c3)oc2s1. The molecule has 2 aliphatic heterocycles. The molecule has 7 aromatic heterocycles. The largest absolute Gasteiger partial charge is 0.439 e. The van der Waals surface area contributed by atoms with Gasteiger partial charge in [0.1, 0.15) is 27.7 Å². The molecular formula is C51H50N18O6S. The number of fused-ring (bicyclic) bond motifs is 1. The Hall–Kier alpha value is -8.94. The van der Waals surface area contributed by atoms with E-state index in [-0.39, 0.29) is 53.0 Å². The lowest BCUT2D eigenvalue weighted by Crippen LogP contribution is -2.50. The van der Waals surface area contributed by atoms with Crippen LogP contribution >= 0.6 is 11.3 Å². The van der Waals surface area contributed by atoms with Crippen molar-refractivity contribution in [2.75, 3.05) is 63.0 Å². The van der Waals surface area contributed by atoms with Crippen molar-refractivity contribution in [1.82, 2.24) is 80.0 Å². The lowest BCUT2D eigenvalue weighted by molar-refractivity contribution is -0.115. The minimum absolute atomic E-state index is 0.178. The zero-order valence-electron chi connectivity index (χ0n) is 41.8. The number of piperazine rings is 2. The number of aromatic nitrogens is 12. The van der Waals surface area contributed by atoms with Crippen molar-refractivity contribution < 1.29 is 28.0 Å². The van der Waals surface area contributed by atoms with Crippen LogP contribution in [0.4, 0.5) is 10.8 Å². The van der Waals surface area contributed by atoms with Crippen LogP contribution in [0.2, 0.25) is 0 Å². The van der Waals surface area contributed by atoms with Gasteiger partial charge in [0, 0.05) is 95.8 Å². The van der Waals surface area contributed by atoms with E-state index in [0.717, 1.165) is 16.7 Å². The van der Waals surface area contributed by atoms with Crippen LogP contribution in [0.5, 0.6) is 0 Å². The summed E-state index contributed by atoms with van der Waals surface area (Å²) in [6.45, 7) is 8.87. The van der Waals surface area contributed by atoms with Crippen LogP contribution in [0.1, 0.15) is 81.0 Å². The van der Waals surface area contributed by atoms with E-state index in [4.69, 9.17) is 13.9 Å². The molecular weight excluding hydrogens is 993 g/mol. The third-order valence-corrected chi connectivity index (χ3v) is 14.0. The highest BCUT2D eigenvalue weighted by atomic mass is 32.1. The smallest absolute Gasteiger partial charge is 0.272 e. The maximum Gasteiger partial charge on any atom is 0.272 e. The molecule has 25 heteroatoms. The van der Waals surface area contributed by atoms with Crippen molar-refractivity contribution in [1.29, 1.82) is 0 Å². The van der Waals surface area contributed by atoms with Gasteiger partial charge in [-0.1, -0.05) is 65.9 Å². The van der Waals surface area contributed by atoms with Crippen LogP contribution in [-0.4, -0.2) is 156 Å². The number of thiophene rings is 1. The lowest BCUT2D eigenvalue weighted by Gasteiger charge is -2.38. The van der Waals surface area contributed by atoms with Gasteiger partial charge in [-0.2, -0.15) is 14.6 Å². The van der Waals surface area contributed by atoms with Crippen molar-refractivity contribution >= 4 is 56.2 Å². The fraction of sp³-hybridized carbons (Fsp3) is 0.294. The Kier molecular flexibility index (Phi) is 13.7. The number of amides is 4. The van der Waals surface area contributed by atoms with E-state index in [1.807, 2.05) is 54.6 Å². The van der Waals surface area contributed by atoms with Gasteiger partial charge in [-0.25, -0.2) is 4.98 Å². The standard InChI is InChI=1S/C51H50N18O6S/c1-30-44(55-32(3)71)57-48(74-30)37-15-17-53-39(27-37)50(73)67-22-18-65(19-23-67)42(34-8-6-5-7-9-34)46-59-63-69(61-46)29-33-10-12-35(13-11-33)43(45-58-62-64(4)60-45)66-20-24-68(25-21-66)49(72)38-26-36(14-16-52-38)47-56-40-28-41(54-31(2)70)76-51(40)75-47/h5-17,26-28,42-43H,18-25,29H2,1-4H3,(H,54,70)(H,55,71). The van der Waals surface area contributed by atoms with Gasteiger partial charge >= 0.3 is 0 Å². The van der Waals surface area contributed by atoms with Gasteiger partial charge in [0.2, 0.25) is 28.5 Å². The second kappa shape index (κ2) is 21.1. The lowest BCUT2D eigenvalue weighted by atomic mass is 10.0. The van der Waals surface area contributed by atoms with Crippen molar-refractivity contribution in [2.24, 2.45) is 7.05 Å². The molecule has 0 radical (unpaired) electrons. The van der Waals surface area contributed by atoms with Crippen LogP contribution in [0.3, 0.4) is 0 Å². The summed E-state index contributed by atoms with van der Waals surface area (Å²) in [6, 6.07) is 26.1. The topological polar surface area (TPSA) is 270 Å². The molecule has 2 fully saturated rings. The molecule has 2 atom stereocenters. The number of carbonyl (C=O) groups excluding carboxylic acids is 4. The summed E-state index contributed by atoms with van der Waals surface area (Å²) in [6.07, 6.45) is 3.12. The fourth-order valence-corrected chi connectivity index (χ4v) is 10.3. The van der Waals surface area contributed by atoms with Crippen molar-refractivity contribution in [3.8, 4) is 22.9 Å². The highest BCUT2D eigenvalue weighted by Crippen LogP contribution is 2.35. The molecule has 2 N–H and O–H groups in total. The number of benzene rings is 2. The quantitative estimate of drug-likeness (QED) is 0.147. The number of anilines is 2. The van der Waals surface area contributed by atoms with Crippen molar-refractivity contribution in [3.63, 3.8) is 0 Å². The zero-order valence-corrected chi connectivity index (χ0v) is 42.6. The van der Waals surface area contributed by atoms with E-state index in [1.165, 1.54) is 30.0 Å². The minimum Gasteiger partial charge on any atom is -0.439 e. The third kappa shape index (κ3) is 10.6. The normalized spacial score (nSPS) is 15.2. The van der Waals surface area contributed by atoms with Gasteiger partial charge < -0.3 is 29.3 Å². The Morgan fingerprint density at radius 3 is 1.78 bits per heavy atom. The van der Waals surface area contributed by atoms with Gasteiger partial charge in [-0.05, 0) is 58.3 Å². The summed E-state index contributed by atoms with van der Waals surface area (Å²) in [5.41, 5.74) is 5.26. The van der Waals surface area contributed by atoms with Crippen LogP contribution < -0.4 is 10.6 Å². The molecule has 24 nitrogen and oxygen atoms in total. The van der Waals surface area contributed by atoms with E-state index >= 15 is 0 Å². The summed E-state index contributed by atoms with van der Waals surface area (Å²) in [5.74, 6) is 1.65. The molecule has 9 heterocycles. The molecule has 0 aliphatic carbocycles. The van der Waals surface area contributed by atoms with E-state index in [2.05, 4.69) is 66.1 Å². The third-order valence-electron chi connectivity index (χ3n) is 13.1. The van der Waals surface area contributed by atoms with Gasteiger partial charge in [0.05, 0.1) is 25.7 Å². The Morgan fingerprint density at radius 2 is 1.21 bits per heavy atom. The first-order valence-electron chi connectivity index (χ1n) is 24.5. The first-order chi connectivity index (χ1) is 36.9. The van der Waals surface area contributed by atoms with Crippen molar-refractivity contribution in [3.05, 3.63) is 143 Å². The van der Waals surface area contributed by atoms with Gasteiger partial charge in [0.25, 0.3) is 11.8 Å². The number of oxazole rings is 2. The molecule has 0 spiro atoms. The number of nitrogens with one attached hydrogen (secondary N) is 2. The van der Waals surface area contributed by atoms with E-state index in [0.29, 0.717) is 115 Å². The second-order valence-electron chi connectivity index (χ2n) is 18.4. The summed E-state index contributed by atoms with van der Waals surface area (Å²) in [5, 5.41) is 33.2. The highest BCUT2D eigenvalue weighted by molar-refractivity contribution is 7.22. The molecule has 0 bridgehead atoms. The number of carbonyl (C=O) groups is 4. The Labute approximate surface area is 437 Å². The molecule has 4 amide bonds. The predicted octanol–water partition coefficient (Wildman–Crippen LogP) is 4.88. The first kappa shape index (κ1) is 49.3. The summed E-state index contributed by atoms with van der Waals surface area (Å²) in [4.78, 5) is 80.3. The fourth-order valence-electron chi connectivity index (χ4n) is 9.44. The number of nitrogens with zero attached hydrogens (tertiary/aromatic N) is 16.